The lowest BCUT2D eigenvalue weighted by Crippen LogP contribution is -2.50. The molecule has 2 amide bonds. The number of rotatable bonds is 7. The first-order valence-corrected chi connectivity index (χ1v) is 9.91. The molecule has 2 aromatic carbocycles. The Bertz CT molecular complexity index is 766. The first-order chi connectivity index (χ1) is 13.6. The van der Waals surface area contributed by atoms with Gasteiger partial charge in [0.25, 0.3) is 0 Å². The molecule has 0 unspecified atom stereocenters. The van der Waals surface area contributed by atoms with E-state index >= 15 is 0 Å². The number of benzene rings is 2. The van der Waals surface area contributed by atoms with Gasteiger partial charge >= 0.3 is 0 Å². The third-order valence-electron chi connectivity index (χ3n) is 5.06. The number of para-hydroxylation sites is 1. The van der Waals surface area contributed by atoms with Crippen LogP contribution in [-0.4, -0.2) is 54.4 Å². The molecular weight excluding hydrogens is 352 g/mol. The molecule has 5 nitrogen and oxygen atoms in total. The lowest BCUT2D eigenvalue weighted by atomic mass is 10.1. The van der Waals surface area contributed by atoms with Crippen LogP contribution in [-0.2, 0) is 16.0 Å². The predicted molar refractivity (Wildman–Crippen MR) is 109 cm³/mol. The number of ether oxygens (including phenoxy) is 1. The first-order valence-electron chi connectivity index (χ1n) is 9.91. The molecule has 0 bridgehead atoms. The number of amides is 2. The van der Waals surface area contributed by atoms with Gasteiger partial charge in [-0.2, -0.15) is 0 Å². The minimum atomic E-state index is 0.0858. The van der Waals surface area contributed by atoms with E-state index in [4.69, 9.17) is 4.74 Å². The number of carbonyl (C=O) groups is 2. The normalized spacial score (nSPS) is 14.0. The van der Waals surface area contributed by atoms with Crippen molar-refractivity contribution in [3.63, 3.8) is 0 Å². The fourth-order valence-corrected chi connectivity index (χ4v) is 3.30. The van der Waals surface area contributed by atoms with Crippen LogP contribution in [0.2, 0.25) is 0 Å². The Morgan fingerprint density at radius 1 is 0.821 bits per heavy atom. The number of hydrogen-bond acceptors (Lipinski definition) is 3. The third kappa shape index (κ3) is 5.84. The van der Waals surface area contributed by atoms with Crippen LogP contribution in [0.5, 0.6) is 5.75 Å². The van der Waals surface area contributed by atoms with Gasteiger partial charge in [-0.1, -0.05) is 48.0 Å². The van der Waals surface area contributed by atoms with Crippen molar-refractivity contribution in [2.45, 2.75) is 26.2 Å². The van der Waals surface area contributed by atoms with E-state index in [2.05, 4.69) is 31.2 Å². The van der Waals surface area contributed by atoms with E-state index in [9.17, 15) is 9.59 Å². The Morgan fingerprint density at radius 2 is 1.39 bits per heavy atom. The lowest BCUT2D eigenvalue weighted by molar-refractivity contribution is -0.139. The molecule has 1 saturated heterocycles. The molecule has 0 aromatic heterocycles. The molecular formula is C23H28N2O3. The molecule has 28 heavy (non-hydrogen) atoms. The monoisotopic (exact) mass is 380 g/mol. The zero-order valence-electron chi connectivity index (χ0n) is 16.5. The van der Waals surface area contributed by atoms with Gasteiger partial charge in [0.05, 0.1) is 13.0 Å². The Balaban J connectivity index is 1.35. The van der Waals surface area contributed by atoms with Crippen molar-refractivity contribution in [3.05, 3.63) is 65.7 Å². The fraction of sp³-hybridized carbons (Fsp3) is 0.391. The van der Waals surface area contributed by atoms with Crippen LogP contribution in [0, 0.1) is 6.92 Å². The van der Waals surface area contributed by atoms with E-state index in [1.54, 1.807) is 0 Å². The summed E-state index contributed by atoms with van der Waals surface area (Å²) < 4.78 is 5.60. The number of piperazine rings is 1. The third-order valence-corrected chi connectivity index (χ3v) is 5.06. The average molecular weight is 380 g/mol. The van der Waals surface area contributed by atoms with Crippen molar-refractivity contribution < 1.29 is 14.3 Å². The van der Waals surface area contributed by atoms with E-state index in [1.165, 1.54) is 11.1 Å². The number of hydrogen-bond donors (Lipinski definition) is 0. The van der Waals surface area contributed by atoms with Gasteiger partial charge in [-0.3, -0.25) is 9.59 Å². The van der Waals surface area contributed by atoms with Gasteiger partial charge in [-0.15, -0.1) is 0 Å². The zero-order valence-corrected chi connectivity index (χ0v) is 16.5. The van der Waals surface area contributed by atoms with Crippen molar-refractivity contribution in [1.29, 1.82) is 0 Å². The largest absolute Gasteiger partial charge is 0.493 e. The number of carbonyl (C=O) groups excluding carboxylic acids is 2. The highest BCUT2D eigenvalue weighted by Gasteiger charge is 2.23. The molecule has 0 saturated carbocycles. The number of aryl methyl sites for hydroxylation is 2. The molecule has 148 valence electrons. The maximum Gasteiger partial charge on any atom is 0.226 e. The molecule has 0 atom stereocenters. The molecule has 1 heterocycles. The zero-order chi connectivity index (χ0) is 19.8. The van der Waals surface area contributed by atoms with Crippen LogP contribution in [0.25, 0.3) is 0 Å². The highest BCUT2D eigenvalue weighted by molar-refractivity contribution is 5.78. The Morgan fingerprint density at radius 3 is 2.00 bits per heavy atom. The summed E-state index contributed by atoms with van der Waals surface area (Å²) in [5, 5.41) is 0. The van der Waals surface area contributed by atoms with E-state index < -0.39 is 0 Å². The summed E-state index contributed by atoms with van der Waals surface area (Å²) in [5.74, 6) is 1.03. The average Bonchev–Trinajstić information content (AvgIpc) is 2.74. The van der Waals surface area contributed by atoms with Gasteiger partial charge in [0.1, 0.15) is 5.75 Å². The highest BCUT2D eigenvalue weighted by Crippen LogP contribution is 2.11. The van der Waals surface area contributed by atoms with Gasteiger partial charge in [-0.25, -0.2) is 0 Å². The van der Waals surface area contributed by atoms with Gasteiger partial charge in [-0.05, 0) is 31.0 Å². The molecule has 0 N–H and O–H groups in total. The van der Waals surface area contributed by atoms with Gasteiger partial charge < -0.3 is 14.5 Å². The highest BCUT2D eigenvalue weighted by atomic mass is 16.5. The van der Waals surface area contributed by atoms with E-state index in [0.717, 1.165) is 12.2 Å². The lowest BCUT2D eigenvalue weighted by Gasteiger charge is -2.35. The molecule has 0 radical (unpaired) electrons. The minimum absolute atomic E-state index is 0.0858. The molecule has 2 aromatic rings. The molecule has 3 rings (SSSR count). The summed E-state index contributed by atoms with van der Waals surface area (Å²) in [6.07, 6.45) is 1.63. The molecule has 1 aliphatic heterocycles. The molecule has 5 heteroatoms. The van der Waals surface area contributed by atoms with Gasteiger partial charge in [0, 0.05) is 32.6 Å². The van der Waals surface area contributed by atoms with Crippen molar-refractivity contribution in [2.24, 2.45) is 0 Å². The Labute approximate surface area is 166 Å². The van der Waals surface area contributed by atoms with E-state index in [-0.39, 0.29) is 11.8 Å². The summed E-state index contributed by atoms with van der Waals surface area (Å²) in [4.78, 5) is 28.5. The molecule has 0 spiro atoms. The quantitative estimate of drug-likeness (QED) is 0.742. The summed E-state index contributed by atoms with van der Waals surface area (Å²) in [5.41, 5.74) is 2.41. The standard InChI is InChI=1S/C23H28N2O3/c1-19-7-9-20(10-8-19)11-12-22(26)24-14-16-25(17-15-24)23(27)13-18-28-21-5-3-2-4-6-21/h2-10H,11-18H2,1H3. The smallest absolute Gasteiger partial charge is 0.226 e. The summed E-state index contributed by atoms with van der Waals surface area (Å²) in [7, 11) is 0. The van der Waals surface area contributed by atoms with Crippen molar-refractivity contribution in [1.82, 2.24) is 9.80 Å². The predicted octanol–water partition coefficient (Wildman–Crippen LogP) is 3.07. The second-order valence-electron chi connectivity index (χ2n) is 7.16. The van der Waals surface area contributed by atoms with Crippen molar-refractivity contribution >= 4 is 11.8 Å². The van der Waals surface area contributed by atoms with Crippen LogP contribution < -0.4 is 4.74 Å². The minimum Gasteiger partial charge on any atom is -0.493 e. The maximum absolute atomic E-state index is 12.4. The van der Waals surface area contributed by atoms with Crippen LogP contribution in [0.15, 0.2) is 54.6 Å². The number of nitrogens with zero attached hydrogens (tertiary/aromatic N) is 2. The Hall–Kier alpha value is -2.82. The van der Waals surface area contributed by atoms with Gasteiger partial charge in [0.2, 0.25) is 11.8 Å². The van der Waals surface area contributed by atoms with Gasteiger partial charge in [0.15, 0.2) is 0 Å². The summed E-state index contributed by atoms with van der Waals surface area (Å²) in [6.45, 7) is 4.85. The summed E-state index contributed by atoms with van der Waals surface area (Å²) in [6, 6.07) is 17.8. The SMILES string of the molecule is Cc1ccc(CCC(=O)N2CCN(C(=O)CCOc3ccccc3)CC2)cc1. The van der Waals surface area contributed by atoms with E-state index in [1.807, 2.05) is 40.1 Å². The first kappa shape index (κ1) is 19.9. The molecule has 1 aliphatic rings. The van der Waals surface area contributed by atoms with Crippen LogP contribution >= 0.6 is 0 Å². The second kappa shape index (κ2) is 9.93. The summed E-state index contributed by atoms with van der Waals surface area (Å²) >= 11 is 0. The van der Waals surface area contributed by atoms with Crippen molar-refractivity contribution in [3.8, 4) is 5.75 Å². The molecule has 0 aliphatic carbocycles. The second-order valence-corrected chi connectivity index (χ2v) is 7.16. The van der Waals surface area contributed by atoms with Crippen LogP contribution in [0.4, 0.5) is 0 Å². The fourth-order valence-electron chi connectivity index (χ4n) is 3.30. The van der Waals surface area contributed by atoms with Crippen molar-refractivity contribution in [2.75, 3.05) is 32.8 Å². The molecule has 1 fully saturated rings. The topological polar surface area (TPSA) is 49.9 Å². The van der Waals surface area contributed by atoms with E-state index in [0.29, 0.717) is 45.6 Å². The maximum atomic E-state index is 12.4. The Kier molecular flexibility index (Phi) is 7.06. The van der Waals surface area contributed by atoms with Crippen LogP contribution in [0.3, 0.4) is 0 Å². The van der Waals surface area contributed by atoms with Crippen LogP contribution in [0.1, 0.15) is 24.0 Å².